The number of nitro benzene ring substituents is 1. The summed E-state index contributed by atoms with van der Waals surface area (Å²) < 4.78 is 5.99. The van der Waals surface area contributed by atoms with E-state index in [1.807, 2.05) is 0 Å². The number of aromatic nitrogens is 1. The van der Waals surface area contributed by atoms with Crippen molar-refractivity contribution in [3.05, 3.63) is 55.6 Å². The Morgan fingerprint density at radius 1 is 1.43 bits per heavy atom. The maximum atomic E-state index is 11.0. The summed E-state index contributed by atoms with van der Waals surface area (Å²) in [5.41, 5.74) is -1.00. The van der Waals surface area contributed by atoms with Crippen molar-refractivity contribution in [3.63, 3.8) is 0 Å². The first-order valence-corrected chi connectivity index (χ1v) is 6.56. The molecule has 2 rings (SSSR count). The van der Waals surface area contributed by atoms with Crippen molar-refractivity contribution >= 4 is 39.2 Å². The molecule has 1 heterocycles. The van der Waals surface area contributed by atoms with E-state index in [9.17, 15) is 14.9 Å². The van der Waals surface area contributed by atoms with E-state index in [0.717, 1.165) is 12.1 Å². The zero-order valence-corrected chi connectivity index (χ0v) is 12.5. The lowest BCUT2D eigenvalue weighted by Crippen LogP contribution is -2.03. The Morgan fingerprint density at radius 3 is 2.71 bits per heavy atom. The molecule has 1 aromatic carbocycles. The molecule has 1 N–H and O–H groups in total. The zero-order valence-electron chi connectivity index (χ0n) is 10.1. The van der Waals surface area contributed by atoms with Crippen LogP contribution >= 0.6 is 27.5 Å². The summed E-state index contributed by atoms with van der Waals surface area (Å²) in [6, 6.07) is 4.91. The van der Waals surface area contributed by atoms with Gasteiger partial charge in [0.1, 0.15) is 16.3 Å². The van der Waals surface area contributed by atoms with Crippen molar-refractivity contribution in [1.82, 2.24) is 4.98 Å². The molecule has 0 spiro atoms. The fourth-order valence-corrected chi connectivity index (χ4v) is 2.17. The molecule has 2 aromatic rings. The Balaban J connectivity index is 2.39. The number of carboxylic acids is 1. The average molecular weight is 374 g/mol. The molecule has 0 aliphatic heterocycles. The zero-order chi connectivity index (χ0) is 15.6. The number of carbonyl (C=O) groups is 1. The lowest BCUT2D eigenvalue weighted by Gasteiger charge is -2.07. The van der Waals surface area contributed by atoms with Crippen LogP contribution in [0.3, 0.4) is 0 Å². The van der Waals surface area contributed by atoms with Crippen molar-refractivity contribution in [1.29, 1.82) is 0 Å². The molecule has 0 atom stereocenters. The van der Waals surface area contributed by atoms with Gasteiger partial charge in [-0.1, -0.05) is 11.6 Å². The summed E-state index contributed by atoms with van der Waals surface area (Å²) >= 11 is 9.10. The van der Waals surface area contributed by atoms with E-state index in [4.69, 9.17) is 21.4 Å². The second kappa shape index (κ2) is 6.06. The summed E-state index contributed by atoms with van der Waals surface area (Å²) in [5, 5.41) is 19.9. The molecule has 0 aliphatic rings. The van der Waals surface area contributed by atoms with Crippen LogP contribution in [0.4, 0.5) is 5.69 Å². The molecule has 9 heteroatoms. The highest BCUT2D eigenvalue weighted by Crippen LogP contribution is 2.31. The van der Waals surface area contributed by atoms with Crippen LogP contribution in [-0.2, 0) is 0 Å². The first-order chi connectivity index (χ1) is 9.88. The second-order valence-electron chi connectivity index (χ2n) is 3.78. The van der Waals surface area contributed by atoms with Crippen LogP contribution < -0.4 is 4.74 Å². The molecule has 21 heavy (non-hydrogen) atoms. The predicted molar refractivity (Wildman–Crippen MR) is 77.1 cm³/mol. The fourth-order valence-electron chi connectivity index (χ4n) is 1.50. The highest BCUT2D eigenvalue weighted by Gasteiger charge is 2.21. The van der Waals surface area contributed by atoms with Crippen molar-refractivity contribution < 1.29 is 19.6 Å². The molecule has 0 saturated carbocycles. The number of hydrogen-bond donors (Lipinski definition) is 1. The van der Waals surface area contributed by atoms with Crippen molar-refractivity contribution in [2.24, 2.45) is 0 Å². The van der Waals surface area contributed by atoms with Gasteiger partial charge in [0.15, 0.2) is 0 Å². The number of pyridine rings is 1. The van der Waals surface area contributed by atoms with Crippen LogP contribution in [-0.4, -0.2) is 21.0 Å². The van der Waals surface area contributed by atoms with Gasteiger partial charge in [0, 0.05) is 22.8 Å². The number of nitro groups is 1. The number of aromatic carboxylic acids is 1. The number of rotatable bonds is 4. The van der Waals surface area contributed by atoms with Crippen LogP contribution in [0.5, 0.6) is 11.6 Å². The van der Waals surface area contributed by atoms with Gasteiger partial charge < -0.3 is 9.84 Å². The molecule has 0 unspecified atom stereocenters. The van der Waals surface area contributed by atoms with Gasteiger partial charge in [-0.3, -0.25) is 10.1 Å². The molecule has 0 bridgehead atoms. The maximum Gasteiger partial charge on any atom is 0.342 e. The third-order valence-corrected chi connectivity index (χ3v) is 3.09. The fraction of sp³-hybridized carbons (Fsp3) is 0. The maximum absolute atomic E-state index is 11.0. The molecule has 0 saturated heterocycles. The molecule has 0 amide bonds. The topological polar surface area (TPSA) is 103 Å². The van der Waals surface area contributed by atoms with E-state index in [-0.39, 0.29) is 16.7 Å². The standard InChI is InChI=1S/C12H6BrClN2O5/c13-6-3-9(14)11(15-5-6)21-7-1-2-10(16(19)20)8(4-7)12(17)18/h1-5H,(H,17,18). The van der Waals surface area contributed by atoms with Crippen LogP contribution in [0.2, 0.25) is 5.02 Å². The summed E-state index contributed by atoms with van der Waals surface area (Å²) in [5.74, 6) is -1.29. The number of benzene rings is 1. The van der Waals surface area contributed by atoms with E-state index in [1.165, 1.54) is 12.3 Å². The van der Waals surface area contributed by atoms with Gasteiger partial charge in [0.2, 0.25) is 5.88 Å². The molecule has 0 aliphatic carbocycles. The SMILES string of the molecule is O=C(O)c1cc(Oc2ncc(Br)cc2Cl)ccc1[N+](=O)[O-]. The van der Waals surface area contributed by atoms with Crippen molar-refractivity contribution in [3.8, 4) is 11.6 Å². The van der Waals surface area contributed by atoms with Gasteiger partial charge in [0.05, 0.1) is 4.92 Å². The summed E-state index contributed by atoms with van der Waals surface area (Å²) in [4.78, 5) is 24.9. The summed E-state index contributed by atoms with van der Waals surface area (Å²) in [6.45, 7) is 0. The van der Waals surface area contributed by atoms with Gasteiger partial charge >= 0.3 is 5.97 Å². The smallest absolute Gasteiger partial charge is 0.342 e. The van der Waals surface area contributed by atoms with E-state index in [2.05, 4.69) is 20.9 Å². The lowest BCUT2D eigenvalue weighted by atomic mass is 10.1. The first kappa shape index (κ1) is 15.2. The van der Waals surface area contributed by atoms with Crippen molar-refractivity contribution in [2.45, 2.75) is 0 Å². The molecule has 0 radical (unpaired) electrons. The minimum Gasteiger partial charge on any atom is -0.477 e. The number of ether oxygens (including phenoxy) is 1. The third-order valence-electron chi connectivity index (χ3n) is 2.38. The Kier molecular flexibility index (Phi) is 4.39. The van der Waals surface area contributed by atoms with Gasteiger partial charge in [-0.15, -0.1) is 0 Å². The Bertz CT molecular complexity index is 738. The number of nitrogens with zero attached hydrogens (tertiary/aromatic N) is 2. The normalized spacial score (nSPS) is 10.2. The Hall–Kier alpha value is -2.19. The van der Waals surface area contributed by atoms with Crippen LogP contribution in [0.15, 0.2) is 34.9 Å². The van der Waals surface area contributed by atoms with Gasteiger partial charge in [-0.05, 0) is 28.1 Å². The quantitative estimate of drug-likeness (QED) is 0.644. The molecular formula is C12H6BrClN2O5. The van der Waals surface area contributed by atoms with Crippen LogP contribution in [0, 0.1) is 10.1 Å². The van der Waals surface area contributed by atoms with Gasteiger partial charge in [0.25, 0.3) is 5.69 Å². The predicted octanol–water partition coefficient (Wildman–Crippen LogP) is 3.90. The molecule has 7 nitrogen and oxygen atoms in total. The van der Waals surface area contributed by atoms with Crippen molar-refractivity contribution in [2.75, 3.05) is 0 Å². The van der Waals surface area contributed by atoms with Crippen LogP contribution in [0.25, 0.3) is 0 Å². The molecular weight excluding hydrogens is 367 g/mol. The minimum absolute atomic E-state index is 0.0602. The molecule has 0 fully saturated rings. The third kappa shape index (κ3) is 3.47. The molecule has 1 aromatic heterocycles. The average Bonchev–Trinajstić information content (AvgIpc) is 2.41. The van der Waals surface area contributed by atoms with E-state index in [1.54, 1.807) is 6.07 Å². The number of halogens is 2. The monoisotopic (exact) mass is 372 g/mol. The lowest BCUT2D eigenvalue weighted by molar-refractivity contribution is -0.385. The van der Waals surface area contributed by atoms with E-state index < -0.39 is 22.1 Å². The highest BCUT2D eigenvalue weighted by molar-refractivity contribution is 9.10. The number of carboxylic acid groups (broad SMARTS) is 1. The minimum atomic E-state index is -1.43. The van der Waals surface area contributed by atoms with E-state index in [0.29, 0.717) is 4.47 Å². The number of hydrogen-bond acceptors (Lipinski definition) is 5. The Labute approximate surface area is 131 Å². The first-order valence-electron chi connectivity index (χ1n) is 5.39. The summed E-state index contributed by atoms with van der Waals surface area (Å²) in [6.07, 6.45) is 1.45. The molecule has 108 valence electrons. The Morgan fingerprint density at radius 2 is 2.14 bits per heavy atom. The highest BCUT2D eigenvalue weighted by atomic mass is 79.9. The largest absolute Gasteiger partial charge is 0.477 e. The van der Waals surface area contributed by atoms with Gasteiger partial charge in [-0.25, -0.2) is 9.78 Å². The summed E-state index contributed by atoms with van der Waals surface area (Å²) in [7, 11) is 0. The van der Waals surface area contributed by atoms with Crippen LogP contribution in [0.1, 0.15) is 10.4 Å². The second-order valence-corrected chi connectivity index (χ2v) is 5.11. The van der Waals surface area contributed by atoms with E-state index >= 15 is 0 Å². The van der Waals surface area contributed by atoms with Gasteiger partial charge in [-0.2, -0.15) is 0 Å².